The zero-order chi connectivity index (χ0) is 19.8. The van der Waals surface area contributed by atoms with Gasteiger partial charge in [-0.25, -0.2) is 0 Å². The molecule has 1 heterocycles. The first-order chi connectivity index (χ1) is 14.2. The van der Waals surface area contributed by atoms with Gasteiger partial charge < -0.3 is 9.73 Å². The fourth-order valence-electron chi connectivity index (χ4n) is 3.77. The second-order valence-corrected chi connectivity index (χ2v) is 7.88. The van der Waals surface area contributed by atoms with E-state index >= 15 is 0 Å². The molecular formula is C24H17NO3S. The molecule has 1 aliphatic rings. The summed E-state index contributed by atoms with van der Waals surface area (Å²) in [6, 6.07) is 21.3. The molecule has 0 atom stereocenters. The number of carbonyl (C=O) groups excluding carboxylic acids is 2. The summed E-state index contributed by atoms with van der Waals surface area (Å²) in [5, 5.41) is 4.84. The van der Waals surface area contributed by atoms with Crippen LogP contribution in [-0.2, 0) is 11.3 Å². The molecule has 5 heteroatoms. The molecule has 29 heavy (non-hydrogen) atoms. The highest BCUT2D eigenvalue weighted by Crippen LogP contribution is 2.42. The topological polar surface area (TPSA) is 59.3 Å². The van der Waals surface area contributed by atoms with Crippen molar-refractivity contribution in [2.45, 2.75) is 11.4 Å². The molecule has 0 radical (unpaired) electrons. The van der Waals surface area contributed by atoms with E-state index in [0.717, 1.165) is 43.7 Å². The maximum absolute atomic E-state index is 13.0. The maximum atomic E-state index is 13.0. The Morgan fingerprint density at radius 2 is 1.69 bits per heavy atom. The van der Waals surface area contributed by atoms with Gasteiger partial charge in [-0.15, -0.1) is 11.8 Å². The zero-order valence-corrected chi connectivity index (χ0v) is 16.3. The number of amides is 1. The van der Waals surface area contributed by atoms with Crippen molar-refractivity contribution in [2.75, 3.05) is 5.75 Å². The smallest absolute Gasteiger partial charge is 0.230 e. The van der Waals surface area contributed by atoms with E-state index < -0.39 is 0 Å². The second kappa shape index (κ2) is 7.26. The lowest BCUT2D eigenvalue weighted by atomic mass is 9.83. The van der Waals surface area contributed by atoms with Crippen molar-refractivity contribution in [3.8, 4) is 11.1 Å². The van der Waals surface area contributed by atoms with E-state index in [2.05, 4.69) is 11.4 Å². The Morgan fingerprint density at radius 1 is 0.862 bits per heavy atom. The van der Waals surface area contributed by atoms with E-state index in [4.69, 9.17) is 4.42 Å². The van der Waals surface area contributed by atoms with Gasteiger partial charge in [0, 0.05) is 21.4 Å². The predicted octanol–water partition coefficient (Wildman–Crippen LogP) is 5.05. The van der Waals surface area contributed by atoms with Gasteiger partial charge in [-0.05, 0) is 34.7 Å². The Hall–Kier alpha value is -3.31. The Bertz CT molecular complexity index is 1240. The van der Waals surface area contributed by atoms with Crippen molar-refractivity contribution in [2.24, 2.45) is 0 Å². The van der Waals surface area contributed by atoms with Crippen molar-refractivity contribution in [3.05, 3.63) is 89.9 Å². The van der Waals surface area contributed by atoms with Gasteiger partial charge >= 0.3 is 0 Å². The van der Waals surface area contributed by atoms with E-state index in [9.17, 15) is 9.59 Å². The number of ketones is 1. The van der Waals surface area contributed by atoms with Gasteiger partial charge in [0.15, 0.2) is 5.78 Å². The molecule has 0 fully saturated rings. The molecular weight excluding hydrogens is 382 g/mol. The van der Waals surface area contributed by atoms with Crippen LogP contribution in [0.25, 0.3) is 21.9 Å². The molecule has 1 aromatic heterocycles. The Labute approximate surface area is 171 Å². The van der Waals surface area contributed by atoms with Crippen LogP contribution in [0.1, 0.15) is 21.7 Å². The fraction of sp³-hybridized carbons (Fsp3) is 0.0833. The third-order valence-corrected chi connectivity index (χ3v) is 6.18. The van der Waals surface area contributed by atoms with Crippen LogP contribution in [-0.4, -0.2) is 17.4 Å². The third kappa shape index (κ3) is 3.13. The van der Waals surface area contributed by atoms with E-state index in [1.54, 1.807) is 12.3 Å². The summed E-state index contributed by atoms with van der Waals surface area (Å²) < 4.78 is 5.23. The van der Waals surface area contributed by atoms with Gasteiger partial charge in [0.1, 0.15) is 5.76 Å². The monoisotopic (exact) mass is 399 g/mol. The molecule has 3 aromatic carbocycles. The minimum Gasteiger partial charge on any atom is -0.467 e. The SMILES string of the molecule is O=C(CSc1ccc2c3c(cccc13)C(=O)c1ccccc1-2)NCc1ccco1. The van der Waals surface area contributed by atoms with Crippen LogP contribution in [0.3, 0.4) is 0 Å². The molecule has 0 aliphatic heterocycles. The molecule has 1 aliphatic carbocycles. The number of nitrogens with one attached hydrogen (secondary N) is 1. The molecule has 1 amide bonds. The summed E-state index contributed by atoms with van der Waals surface area (Å²) in [6.45, 7) is 0.377. The Kier molecular flexibility index (Phi) is 4.45. The van der Waals surface area contributed by atoms with Crippen LogP contribution >= 0.6 is 11.8 Å². The van der Waals surface area contributed by atoms with Gasteiger partial charge in [0.2, 0.25) is 5.91 Å². The molecule has 4 aromatic rings. The first-order valence-electron chi connectivity index (χ1n) is 9.34. The summed E-state index contributed by atoms with van der Waals surface area (Å²) >= 11 is 1.48. The molecule has 1 N–H and O–H groups in total. The lowest BCUT2D eigenvalue weighted by molar-refractivity contribution is -0.118. The fourth-order valence-corrected chi connectivity index (χ4v) is 4.65. The minimum atomic E-state index is -0.0618. The normalized spacial score (nSPS) is 12.1. The molecule has 0 spiro atoms. The van der Waals surface area contributed by atoms with Gasteiger partial charge in [-0.1, -0.05) is 48.5 Å². The van der Waals surface area contributed by atoms with Crippen molar-refractivity contribution < 1.29 is 14.0 Å². The van der Waals surface area contributed by atoms with Gasteiger partial charge in [0.25, 0.3) is 0 Å². The average Bonchev–Trinajstić information content (AvgIpc) is 3.28. The first kappa shape index (κ1) is 17.8. The van der Waals surface area contributed by atoms with Crippen LogP contribution in [0.4, 0.5) is 0 Å². The van der Waals surface area contributed by atoms with Crippen LogP contribution < -0.4 is 5.32 Å². The number of carbonyl (C=O) groups is 2. The van der Waals surface area contributed by atoms with Gasteiger partial charge in [-0.2, -0.15) is 0 Å². The van der Waals surface area contributed by atoms with E-state index in [-0.39, 0.29) is 11.7 Å². The van der Waals surface area contributed by atoms with Crippen LogP contribution in [0.15, 0.2) is 82.3 Å². The van der Waals surface area contributed by atoms with Crippen molar-refractivity contribution >= 4 is 34.2 Å². The molecule has 4 nitrogen and oxygen atoms in total. The van der Waals surface area contributed by atoms with Crippen LogP contribution in [0.5, 0.6) is 0 Å². The number of hydrogen-bond donors (Lipinski definition) is 1. The van der Waals surface area contributed by atoms with E-state index in [1.165, 1.54) is 11.8 Å². The van der Waals surface area contributed by atoms with Crippen LogP contribution in [0, 0.1) is 0 Å². The second-order valence-electron chi connectivity index (χ2n) is 6.86. The average molecular weight is 399 g/mol. The Morgan fingerprint density at radius 3 is 2.52 bits per heavy atom. The summed E-state index contributed by atoms with van der Waals surface area (Å²) in [4.78, 5) is 26.2. The number of hydrogen-bond acceptors (Lipinski definition) is 4. The van der Waals surface area contributed by atoms with Crippen LogP contribution in [0.2, 0.25) is 0 Å². The first-order valence-corrected chi connectivity index (χ1v) is 10.3. The number of fused-ring (bicyclic) bond motifs is 2. The molecule has 5 rings (SSSR count). The van der Waals surface area contributed by atoms with Crippen molar-refractivity contribution in [1.29, 1.82) is 0 Å². The van der Waals surface area contributed by atoms with Crippen molar-refractivity contribution in [3.63, 3.8) is 0 Å². The number of furan rings is 1. The summed E-state index contributed by atoms with van der Waals surface area (Å²) in [6.07, 6.45) is 1.59. The molecule has 0 unspecified atom stereocenters. The largest absolute Gasteiger partial charge is 0.467 e. The van der Waals surface area contributed by atoms with E-state index in [1.807, 2.05) is 54.6 Å². The lowest BCUT2D eigenvalue weighted by Gasteiger charge is -2.21. The van der Waals surface area contributed by atoms with Gasteiger partial charge in [0.05, 0.1) is 18.6 Å². The van der Waals surface area contributed by atoms with Crippen molar-refractivity contribution in [1.82, 2.24) is 5.32 Å². The highest BCUT2D eigenvalue weighted by Gasteiger charge is 2.25. The summed E-state index contributed by atoms with van der Waals surface area (Å²) in [7, 11) is 0. The summed E-state index contributed by atoms with van der Waals surface area (Å²) in [5.74, 6) is 1.01. The van der Waals surface area contributed by atoms with E-state index in [0.29, 0.717) is 12.3 Å². The molecule has 0 saturated carbocycles. The minimum absolute atomic E-state index is 0.0528. The Balaban J connectivity index is 1.44. The molecule has 0 saturated heterocycles. The number of benzene rings is 3. The highest BCUT2D eigenvalue weighted by atomic mass is 32.2. The summed E-state index contributed by atoms with van der Waals surface area (Å²) in [5.41, 5.74) is 3.50. The zero-order valence-electron chi connectivity index (χ0n) is 15.5. The maximum Gasteiger partial charge on any atom is 0.230 e. The highest BCUT2D eigenvalue weighted by molar-refractivity contribution is 8.00. The molecule has 142 valence electrons. The number of thioether (sulfide) groups is 1. The van der Waals surface area contributed by atoms with Gasteiger partial charge in [-0.3, -0.25) is 9.59 Å². The standard InChI is InChI=1S/C24H17NO3S/c26-22(25-13-15-5-4-12-28-15)14-29-21-11-10-17-16-6-1-2-7-18(16)24(27)20-9-3-8-19(21)23(17)20/h1-12H,13-14H2,(H,25,26). The molecule has 0 bridgehead atoms. The quantitative estimate of drug-likeness (QED) is 0.420. The number of rotatable bonds is 5. The third-order valence-electron chi connectivity index (χ3n) is 5.11. The predicted molar refractivity (Wildman–Crippen MR) is 114 cm³/mol. The lowest BCUT2D eigenvalue weighted by Crippen LogP contribution is -2.24.